The maximum Gasteiger partial charge on any atom is 0.244 e. The van der Waals surface area contributed by atoms with Gasteiger partial charge in [-0.05, 0) is 43.2 Å². The molecule has 4 nitrogen and oxygen atoms in total. The monoisotopic (exact) mass is 374 g/mol. The molecule has 2 aromatic rings. The van der Waals surface area contributed by atoms with E-state index in [1.165, 1.54) is 11.8 Å². The number of nitrogens with one attached hydrogen (secondary N) is 1. The van der Waals surface area contributed by atoms with E-state index in [-0.39, 0.29) is 18.4 Å². The second-order valence-corrected chi connectivity index (χ2v) is 6.26. The maximum atomic E-state index is 12.3. The third kappa shape index (κ3) is 4.42. The standard InChI is InChI=1S/C18H19BrN2O2/c1-12-8-9-15(10-16(12)19)21(14(3)22)11-18(23)20-17-7-5-4-6-13(17)2/h4-10H,11H2,1-3H3,(H,20,23). The summed E-state index contributed by atoms with van der Waals surface area (Å²) in [5.74, 6) is -0.410. The molecule has 0 bridgehead atoms. The molecule has 0 atom stereocenters. The minimum atomic E-state index is -0.230. The van der Waals surface area contributed by atoms with Crippen LogP contribution < -0.4 is 10.2 Å². The first-order chi connectivity index (χ1) is 10.9. The molecule has 120 valence electrons. The predicted octanol–water partition coefficient (Wildman–Crippen LogP) is 4.06. The number of carbonyl (C=O) groups excluding carboxylic acids is 2. The summed E-state index contributed by atoms with van der Waals surface area (Å²) in [4.78, 5) is 25.7. The lowest BCUT2D eigenvalue weighted by Gasteiger charge is -2.21. The zero-order chi connectivity index (χ0) is 17.0. The summed E-state index contributed by atoms with van der Waals surface area (Å²) in [5.41, 5.74) is 3.50. The zero-order valence-corrected chi connectivity index (χ0v) is 15.0. The highest BCUT2D eigenvalue weighted by atomic mass is 79.9. The number of para-hydroxylation sites is 1. The Kier molecular flexibility index (Phi) is 5.55. The lowest BCUT2D eigenvalue weighted by molar-refractivity contribution is -0.120. The first kappa shape index (κ1) is 17.2. The Hall–Kier alpha value is -2.14. The van der Waals surface area contributed by atoms with Crippen molar-refractivity contribution in [3.05, 3.63) is 58.1 Å². The minimum Gasteiger partial charge on any atom is -0.324 e. The van der Waals surface area contributed by atoms with E-state index in [1.54, 1.807) is 0 Å². The molecular weight excluding hydrogens is 356 g/mol. The van der Waals surface area contributed by atoms with Crippen LogP contribution in [0, 0.1) is 13.8 Å². The van der Waals surface area contributed by atoms with Crippen molar-refractivity contribution in [2.45, 2.75) is 20.8 Å². The first-order valence-electron chi connectivity index (χ1n) is 7.28. The van der Waals surface area contributed by atoms with Crippen molar-refractivity contribution >= 4 is 39.1 Å². The highest BCUT2D eigenvalue weighted by Crippen LogP contribution is 2.24. The molecule has 0 spiro atoms. The van der Waals surface area contributed by atoms with Crippen molar-refractivity contribution in [1.82, 2.24) is 0 Å². The number of hydrogen-bond donors (Lipinski definition) is 1. The van der Waals surface area contributed by atoms with Gasteiger partial charge in [-0.2, -0.15) is 0 Å². The van der Waals surface area contributed by atoms with E-state index in [9.17, 15) is 9.59 Å². The fraction of sp³-hybridized carbons (Fsp3) is 0.222. The lowest BCUT2D eigenvalue weighted by atomic mass is 10.2. The van der Waals surface area contributed by atoms with Gasteiger partial charge in [0.2, 0.25) is 11.8 Å². The van der Waals surface area contributed by atoms with Crippen LogP contribution in [0.25, 0.3) is 0 Å². The molecule has 0 saturated carbocycles. The normalized spacial score (nSPS) is 10.3. The van der Waals surface area contributed by atoms with E-state index in [2.05, 4.69) is 21.2 Å². The first-order valence-corrected chi connectivity index (χ1v) is 8.07. The van der Waals surface area contributed by atoms with Crippen LogP contribution in [0.5, 0.6) is 0 Å². The van der Waals surface area contributed by atoms with Crippen LogP contribution >= 0.6 is 15.9 Å². The van der Waals surface area contributed by atoms with E-state index in [0.29, 0.717) is 5.69 Å². The number of rotatable bonds is 4. The number of aryl methyl sites for hydroxylation is 2. The fourth-order valence-corrected chi connectivity index (χ4v) is 2.55. The number of hydrogen-bond acceptors (Lipinski definition) is 2. The Morgan fingerprint density at radius 1 is 1.09 bits per heavy atom. The molecule has 0 aliphatic rings. The molecule has 1 N–H and O–H groups in total. The molecule has 2 rings (SSSR count). The van der Waals surface area contributed by atoms with Gasteiger partial charge in [0, 0.05) is 22.8 Å². The van der Waals surface area contributed by atoms with E-state index >= 15 is 0 Å². The van der Waals surface area contributed by atoms with Crippen molar-refractivity contribution in [3.63, 3.8) is 0 Å². The SMILES string of the molecule is CC(=O)N(CC(=O)Nc1ccccc1C)c1ccc(C)c(Br)c1. The Balaban J connectivity index is 2.16. The molecule has 0 aliphatic heterocycles. The quantitative estimate of drug-likeness (QED) is 0.876. The number of anilines is 2. The van der Waals surface area contributed by atoms with Gasteiger partial charge in [-0.15, -0.1) is 0 Å². The predicted molar refractivity (Wildman–Crippen MR) is 96.7 cm³/mol. The third-order valence-corrected chi connectivity index (χ3v) is 4.42. The highest BCUT2D eigenvalue weighted by molar-refractivity contribution is 9.10. The van der Waals surface area contributed by atoms with Gasteiger partial charge in [0.15, 0.2) is 0 Å². The Labute approximate surface area is 144 Å². The highest BCUT2D eigenvalue weighted by Gasteiger charge is 2.17. The van der Waals surface area contributed by atoms with Gasteiger partial charge in [-0.25, -0.2) is 0 Å². The molecular formula is C18H19BrN2O2. The van der Waals surface area contributed by atoms with Crippen molar-refractivity contribution in [3.8, 4) is 0 Å². The molecule has 0 aromatic heterocycles. The van der Waals surface area contributed by atoms with Crippen LogP contribution in [0.4, 0.5) is 11.4 Å². The molecule has 2 aromatic carbocycles. The van der Waals surface area contributed by atoms with Gasteiger partial charge >= 0.3 is 0 Å². The average molecular weight is 375 g/mol. The molecule has 0 saturated heterocycles. The summed E-state index contributed by atoms with van der Waals surface area (Å²) >= 11 is 3.45. The molecule has 5 heteroatoms. The lowest BCUT2D eigenvalue weighted by Crippen LogP contribution is -2.36. The van der Waals surface area contributed by atoms with Gasteiger partial charge < -0.3 is 10.2 Å². The van der Waals surface area contributed by atoms with Crippen molar-refractivity contribution in [1.29, 1.82) is 0 Å². The van der Waals surface area contributed by atoms with Gasteiger partial charge in [-0.1, -0.05) is 40.2 Å². The molecule has 0 heterocycles. The van der Waals surface area contributed by atoms with Gasteiger partial charge in [0.05, 0.1) is 0 Å². The molecule has 0 unspecified atom stereocenters. The van der Waals surface area contributed by atoms with Crippen molar-refractivity contribution in [2.24, 2.45) is 0 Å². The number of carbonyl (C=O) groups is 2. The fourth-order valence-electron chi connectivity index (χ4n) is 2.18. The topological polar surface area (TPSA) is 49.4 Å². The van der Waals surface area contributed by atoms with Gasteiger partial charge in [-0.3, -0.25) is 9.59 Å². The van der Waals surface area contributed by atoms with Crippen LogP contribution in [0.15, 0.2) is 46.9 Å². The number of halogens is 1. The van der Waals surface area contributed by atoms with Crippen molar-refractivity contribution < 1.29 is 9.59 Å². The third-order valence-electron chi connectivity index (χ3n) is 3.57. The Bertz CT molecular complexity index is 744. The van der Waals surface area contributed by atoms with Crippen LogP contribution in [-0.4, -0.2) is 18.4 Å². The summed E-state index contributed by atoms with van der Waals surface area (Å²) in [6, 6.07) is 13.1. The van der Waals surface area contributed by atoms with Crippen molar-refractivity contribution in [2.75, 3.05) is 16.8 Å². The Morgan fingerprint density at radius 2 is 1.78 bits per heavy atom. The second-order valence-electron chi connectivity index (χ2n) is 5.40. The molecule has 0 fully saturated rings. The molecule has 0 radical (unpaired) electrons. The van der Waals surface area contributed by atoms with E-state index in [1.807, 2.05) is 56.3 Å². The molecule has 23 heavy (non-hydrogen) atoms. The van der Waals surface area contributed by atoms with Crippen LogP contribution in [0.3, 0.4) is 0 Å². The summed E-state index contributed by atoms with van der Waals surface area (Å²) in [7, 11) is 0. The van der Waals surface area contributed by atoms with Crippen LogP contribution in [0.1, 0.15) is 18.1 Å². The largest absolute Gasteiger partial charge is 0.324 e. The molecule has 2 amide bonds. The summed E-state index contributed by atoms with van der Waals surface area (Å²) in [5, 5.41) is 2.85. The average Bonchev–Trinajstić information content (AvgIpc) is 2.50. The van der Waals surface area contributed by atoms with Crippen LogP contribution in [-0.2, 0) is 9.59 Å². The second kappa shape index (κ2) is 7.42. The van der Waals surface area contributed by atoms with E-state index < -0.39 is 0 Å². The number of benzene rings is 2. The van der Waals surface area contributed by atoms with Gasteiger partial charge in [0.25, 0.3) is 0 Å². The summed E-state index contributed by atoms with van der Waals surface area (Å²) in [6.07, 6.45) is 0. The van der Waals surface area contributed by atoms with E-state index in [4.69, 9.17) is 0 Å². The maximum absolute atomic E-state index is 12.3. The minimum absolute atomic E-state index is 0.0286. The number of nitrogens with zero attached hydrogens (tertiary/aromatic N) is 1. The van der Waals surface area contributed by atoms with E-state index in [0.717, 1.165) is 21.3 Å². The van der Waals surface area contributed by atoms with Crippen LogP contribution in [0.2, 0.25) is 0 Å². The number of amides is 2. The summed E-state index contributed by atoms with van der Waals surface area (Å²) < 4.78 is 0.903. The smallest absolute Gasteiger partial charge is 0.244 e. The molecule has 0 aliphatic carbocycles. The zero-order valence-electron chi connectivity index (χ0n) is 13.4. The van der Waals surface area contributed by atoms with Gasteiger partial charge in [0.1, 0.15) is 6.54 Å². The summed E-state index contributed by atoms with van der Waals surface area (Å²) in [6.45, 7) is 5.32. The Morgan fingerprint density at radius 3 is 2.39 bits per heavy atom.